The van der Waals surface area contributed by atoms with E-state index in [1.54, 1.807) is 6.92 Å². The van der Waals surface area contributed by atoms with Gasteiger partial charge in [-0.2, -0.15) is 4.31 Å². The lowest BCUT2D eigenvalue weighted by atomic mass is 10.1. The number of nitrogens with zero attached hydrogens (tertiary/aromatic N) is 2. The summed E-state index contributed by atoms with van der Waals surface area (Å²) in [5.41, 5.74) is -0.412. The minimum atomic E-state index is -3.17. The summed E-state index contributed by atoms with van der Waals surface area (Å²) in [4.78, 5) is 25.2. The van der Waals surface area contributed by atoms with Gasteiger partial charge in [0.15, 0.2) is 0 Å². The Balaban J connectivity index is 2.38. The van der Waals surface area contributed by atoms with Crippen LogP contribution >= 0.6 is 0 Å². The molecule has 0 unspecified atom stereocenters. The number of carbonyl (C=O) groups excluding carboxylic acids is 2. The second-order valence-corrected chi connectivity index (χ2v) is 8.59. The molecule has 8 nitrogen and oxygen atoms in total. The Morgan fingerprint density at radius 2 is 1.64 bits per heavy atom. The van der Waals surface area contributed by atoms with Gasteiger partial charge in [-0.05, 0) is 27.7 Å². The largest absolute Gasteiger partial charge is 0.333 e. The molecule has 1 fully saturated rings. The van der Waals surface area contributed by atoms with E-state index in [1.165, 1.54) is 4.31 Å². The van der Waals surface area contributed by atoms with E-state index in [0.29, 0.717) is 26.2 Å². The molecule has 0 spiro atoms. The van der Waals surface area contributed by atoms with Crippen LogP contribution in [0.4, 0.5) is 4.79 Å². The number of hydrogen-bond donors (Lipinski definition) is 2. The topological polar surface area (TPSA) is 98.8 Å². The zero-order valence-electron chi connectivity index (χ0n) is 13.7. The number of amides is 3. The fourth-order valence-electron chi connectivity index (χ4n) is 2.09. The molecule has 0 atom stereocenters. The van der Waals surface area contributed by atoms with Gasteiger partial charge in [-0.3, -0.25) is 15.0 Å². The third kappa shape index (κ3) is 6.29. The molecule has 1 aliphatic rings. The van der Waals surface area contributed by atoms with Gasteiger partial charge in [-0.25, -0.2) is 13.2 Å². The van der Waals surface area contributed by atoms with Gasteiger partial charge in [0.2, 0.25) is 15.9 Å². The van der Waals surface area contributed by atoms with Crippen molar-refractivity contribution in [3.8, 4) is 0 Å². The minimum absolute atomic E-state index is 0.0809. The molecule has 0 aromatic carbocycles. The van der Waals surface area contributed by atoms with Gasteiger partial charge in [0, 0.05) is 31.7 Å². The zero-order chi connectivity index (χ0) is 17.0. The predicted octanol–water partition coefficient (Wildman–Crippen LogP) is -0.422. The molecule has 128 valence electrons. The Bertz CT molecular complexity index is 505. The number of hydrogen-bond acceptors (Lipinski definition) is 5. The molecule has 1 heterocycles. The standard InChI is InChI=1S/C13H26N4O4S/c1-5-22(20,21)17-8-6-16(7-9-17)10-11(18)14-12(19)15-13(2,3)4/h5-10H2,1-4H3,(H2,14,15,18,19). The van der Waals surface area contributed by atoms with E-state index in [-0.39, 0.29) is 12.3 Å². The van der Waals surface area contributed by atoms with E-state index in [2.05, 4.69) is 10.6 Å². The van der Waals surface area contributed by atoms with Crippen LogP contribution in [-0.4, -0.2) is 73.6 Å². The van der Waals surface area contributed by atoms with Gasteiger partial charge in [0.1, 0.15) is 0 Å². The van der Waals surface area contributed by atoms with Crippen molar-refractivity contribution >= 4 is 22.0 Å². The molecule has 1 aliphatic heterocycles. The molecule has 0 radical (unpaired) electrons. The summed E-state index contributed by atoms with van der Waals surface area (Å²) in [6.45, 7) is 8.87. The first-order valence-corrected chi connectivity index (χ1v) is 8.96. The lowest BCUT2D eigenvalue weighted by molar-refractivity contribution is -0.121. The van der Waals surface area contributed by atoms with E-state index < -0.39 is 27.5 Å². The third-order valence-corrected chi connectivity index (χ3v) is 5.08. The Kier molecular flexibility index (Phi) is 6.33. The highest BCUT2D eigenvalue weighted by molar-refractivity contribution is 7.89. The van der Waals surface area contributed by atoms with Crippen LogP contribution in [0.25, 0.3) is 0 Å². The van der Waals surface area contributed by atoms with Crippen molar-refractivity contribution in [2.45, 2.75) is 33.2 Å². The van der Waals surface area contributed by atoms with Crippen molar-refractivity contribution in [3.63, 3.8) is 0 Å². The lowest BCUT2D eigenvalue weighted by Crippen LogP contribution is -2.53. The maximum Gasteiger partial charge on any atom is 0.321 e. The van der Waals surface area contributed by atoms with Crippen LogP contribution in [0.15, 0.2) is 0 Å². The van der Waals surface area contributed by atoms with Crippen molar-refractivity contribution < 1.29 is 18.0 Å². The molecule has 22 heavy (non-hydrogen) atoms. The number of nitrogens with one attached hydrogen (secondary N) is 2. The SMILES string of the molecule is CCS(=O)(=O)N1CCN(CC(=O)NC(=O)NC(C)(C)C)CC1. The van der Waals surface area contributed by atoms with Crippen LogP contribution in [0.5, 0.6) is 0 Å². The predicted molar refractivity (Wildman–Crippen MR) is 83.9 cm³/mol. The Morgan fingerprint density at radius 1 is 1.09 bits per heavy atom. The number of urea groups is 1. The van der Waals surface area contributed by atoms with E-state index in [0.717, 1.165) is 0 Å². The number of piperazine rings is 1. The first kappa shape index (κ1) is 18.9. The van der Waals surface area contributed by atoms with Crippen molar-refractivity contribution in [1.82, 2.24) is 19.8 Å². The molecule has 1 saturated heterocycles. The molecule has 0 bridgehead atoms. The molecule has 0 aromatic heterocycles. The fraction of sp³-hybridized carbons (Fsp3) is 0.846. The second-order valence-electron chi connectivity index (χ2n) is 6.33. The number of imide groups is 1. The average molecular weight is 334 g/mol. The monoisotopic (exact) mass is 334 g/mol. The second kappa shape index (κ2) is 7.38. The summed E-state index contributed by atoms with van der Waals surface area (Å²) in [5, 5.41) is 4.92. The molecule has 0 aromatic rings. The summed E-state index contributed by atoms with van der Waals surface area (Å²) in [7, 11) is -3.17. The highest BCUT2D eigenvalue weighted by Crippen LogP contribution is 2.07. The molecular weight excluding hydrogens is 308 g/mol. The summed E-state index contributed by atoms with van der Waals surface area (Å²) in [5.74, 6) is -0.311. The maximum absolute atomic E-state index is 11.8. The molecule has 2 N–H and O–H groups in total. The van der Waals surface area contributed by atoms with Gasteiger partial charge in [-0.1, -0.05) is 0 Å². The van der Waals surface area contributed by atoms with Gasteiger partial charge in [0.05, 0.1) is 12.3 Å². The van der Waals surface area contributed by atoms with Gasteiger partial charge < -0.3 is 5.32 Å². The number of rotatable bonds is 4. The normalized spacial score (nSPS) is 18.0. The third-order valence-electron chi connectivity index (χ3n) is 3.20. The lowest BCUT2D eigenvalue weighted by Gasteiger charge is -2.33. The van der Waals surface area contributed by atoms with Crippen LogP contribution in [0.3, 0.4) is 0 Å². The first-order valence-electron chi connectivity index (χ1n) is 7.35. The smallest absolute Gasteiger partial charge is 0.321 e. The zero-order valence-corrected chi connectivity index (χ0v) is 14.5. The molecule has 9 heteroatoms. The van der Waals surface area contributed by atoms with Crippen LogP contribution in [-0.2, 0) is 14.8 Å². The molecular formula is C13H26N4O4S. The first-order chi connectivity index (χ1) is 10.0. The van der Waals surface area contributed by atoms with E-state index in [1.807, 2.05) is 25.7 Å². The molecule has 3 amide bonds. The Labute approximate surface area is 132 Å². The molecule has 0 saturated carbocycles. The number of sulfonamides is 1. The summed E-state index contributed by atoms with van der Waals surface area (Å²) >= 11 is 0. The summed E-state index contributed by atoms with van der Waals surface area (Å²) in [6.07, 6.45) is 0. The van der Waals surface area contributed by atoms with Crippen LogP contribution in [0.2, 0.25) is 0 Å². The van der Waals surface area contributed by atoms with Gasteiger partial charge in [0.25, 0.3) is 0 Å². The number of carbonyl (C=O) groups is 2. The highest BCUT2D eigenvalue weighted by Gasteiger charge is 2.26. The highest BCUT2D eigenvalue weighted by atomic mass is 32.2. The van der Waals surface area contributed by atoms with Crippen LogP contribution in [0.1, 0.15) is 27.7 Å². The van der Waals surface area contributed by atoms with Crippen molar-refractivity contribution in [1.29, 1.82) is 0 Å². The van der Waals surface area contributed by atoms with E-state index in [4.69, 9.17) is 0 Å². The maximum atomic E-state index is 11.8. The van der Waals surface area contributed by atoms with Crippen LogP contribution in [0, 0.1) is 0 Å². The van der Waals surface area contributed by atoms with Crippen molar-refractivity contribution in [2.75, 3.05) is 38.5 Å². The molecule has 0 aliphatic carbocycles. The van der Waals surface area contributed by atoms with Crippen molar-refractivity contribution in [2.24, 2.45) is 0 Å². The average Bonchev–Trinajstić information content (AvgIpc) is 2.36. The minimum Gasteiger partial charge on any atom is -0.333 e. The van der Waals surface area contributed by atoms with Crippen LogP contribution < -0.4 is 10.6 Å². The van der Waals surface area contributed by atoms with Gasteiger partial charge >= 0.3 is 6.03 Å². The summed E-state index contributed by atoms with van der Waals surface area (Å²) < 4.78 is 24.9. The fourth-order valence-corrected chi connectivity index (χ4v) is 3.17. The Hall–Kier alpha value is -1.19. The van der Waals surface area contributed by atoms with Gasteiger partial charge in [-0.15, -0.1) is 0 Å². The quantitative estimate of drug-likeness (QED) is 0.727. The molecule has 1 rings (SSSR count). The van der Waals surface area contributed by atoms with E-state index >= 15 is 0 Å². The van der Waals surface area contributed by atoms with Crippen molar-refractivity contribution in [3.05, 3.63) is 0 Å². The Morgan fingerprint density at radius 3 is 2.09 bits per heavy atom. The summed E-state index contributed by atoms with van der Waals surface area (Å²) in [6, 6.07) is -0.523. The van der Waals surface area contributed by atoms with E-state index in [9.17, 15) is 18.0 Å².